The molecule has 2 aromatic carbocycles. The van der Waals surface area contributed by atoms with Gasteiger partial charge in [-0.15, -0.1) is 0 Å². The molecule has 5 nitrogen and oxygen atoms in total. The third-order valence-corrected chi connectivity index (χ3v) is 6.55. The monoisotopic (exact) mass is 405 g/mol. The number of fused-ring (bicyclic) bond motifs is 1. The molecule has 0 aliphatic heterocycles. The van der Waals surface area contributed by atoms with Crippen molar-refractivity contribution in [2.24, 2.45) is 5.92 Å². The number of amides is 3. The van der Waals surface area contributed by atoms with E-state index in [4.69, 9.17) is 0 Å². The molecule has 3 N–H and O–H groups in total. The molecule has 1 unspecified atom stereocenters. The largest absolute Gasteiger partial charge is 0.334 e. The van der Waals surface area contributed by atoms with Crippen LogP contribution in [0.5, 0.6) is 0 Å². The zero-order chi connectivity index (χ0) is 21.1. The summed E-state index contributed by atoms with van der Waals surface area (Å²) in [6.45, 7) is 4.94. The van der Waals surface area contributed by atoms with Gasteiger partial charge in [0.2, 0.25) is 5.91 Å². The smallest absolute Gasteiger partial charge is 0.315 e. The molecule has 1 atom stereocenters. The Hall–Kier alpha value is -2.82. The van der Waals surface area contributed by atoms with Crippen LogP contribution < -0.4 is 16.0 Å². The first kappa shape index (κ1) is 20.5. The summed E-state index contributed by atoms with van der Waals surface area (Å²) >= 11 is 0. The van der Waals surface area contributed by atoms with Crippen molar-refractivity contribution >= 4 is 17.6 Å². The first-order chi connectivity index (χ1) is 14.4. The summed E-state index contributed by atoms with van der Waals surface area (Å²) in [6.07, 6.45) is 5.07. The number of benzene rings is 2. The first-order valence-electron chi connectivity index (χ1n) is 11.0. The minimum atomic E-state index is -0.168. The van der Waals surface area contributed by atoms with Gasteiger partial charge < -0.3 is 16.0 Å². The first-order valence-corrected chi connectivity index (χ1v) is 11.0. The van der Waals surface area contributed by atoms with Crippen LogP contribution >= 0.6 is 0 Å². The van der Waals surface area contributed by atoms with Crippen molar-refractivity contribution in [2.75, 3.05) is 5.32 Å². The Balaban J connectivity index is 1.33. The van der Waals surface area contributed by atoms with E-state index in [0.29, 0.717) is 6.54 Å². The quantitative estimate of drug-likeness (QED) is 0.652. The van der Waals surface area contributed by atoms with Gasteiger partial charge in [-0.3, -0.25) is 4.79 Å². The number of nitrogens with one attached hydrogen (secondary N) is 3. The summed E-state index contributed by atoms with van der Waals surface area (Å²) in [5.41, 5.74) is 4.41. The highest BCUT2D eigenvalue weighted by molar-refractivity contribution is 5.93. The molecule has 0 spiro atoms. The van der Waals surface area contributed by atoms with Crippen molar-refractivity contribution in [3.63, 3.8) is 0 Å². The van der Waals surface area contributed by atoms with E-state index in [1.54, 1.807) is 0 Å². The Morgan fingerprint density at radius 1 is 1.03 bits per heavy atom. The van der Waals surface area contributed by atoms with Crippen LogP contribution in [0.1, 0.15) is 68.7 Å². The lowest BCUT2D eigenvalue weighted by Gasteiger charge is -2.37. The van der Waals surface area contributed by atoms with E-state index in [1.807, 2.05) is 30.3 Å². The molecule has 4 rings (SSSR count). The summed E-state index contributed by atoms with van der Waals surface area (Å²) in [5, 5.41) is 9.09. The number of hydrogen-bond acceptors (Lipinski definition) is 2. The Labute approximate surface area is 178 Å². The van der Waals surface area contributed by atoms with Gasteiger partial charge in [-0.2, -0.15) is 0 Å². The number of anilines is 1. The minimum absolute atomic E-state index is 0.0299. The Kier molecular flexibility index (Phi) is 5.80. The molecule has 158 valence electrons. The average Bonchev–Trinajstić information content (AvgIpc) is 2.68. The van der Waals surface area contributed by atoms with Gasteiger partial charge in [-0.1, -0.05) is 56.7 Å². The molecule has 5 heteroatoms. The zero-order valence-corrected chi connectivity index (χ0v) is 17.8. The SMILES string of the molecule is CC1(C)CCC(NC(=O)NCc2cccc(NC(=O)C3CCC3)c2)c2ccccc21. The fourth-order valence-corrected chi connectivity index (χ4v) is 4.43. The van der Waals surface area contributed by atoms with Crippen LogP contribution in [0.15, 0.2) is 48.5 Å². The number of rotatable bonds is 5. The van der Waals surface area contributed by atoms with Crippen LogP contribution in [0, 0.1) is 5.92 Å². The van der Waals surface area contributed by atoms with Crippen molar-refractivity contribution in [3.05, 3.63) is 65.2 Å². The lowest BCUT2D eigenvalue weighted by Crippen LogP contribution is -2.40. The fourth-order valence-electron chi connectivity index (χ4n) is 4.43. The summed E-state index contributed by atoms with van der Waals surface area (Å²) in [4.78, 5) is 24.7. The van der Waals surface area contributed by atoms with E-state index in [0.717, 1.165) is 43.4 Å². The molecule has 2 aromatic rings. The van der Waals surface area contributed by atoms with E-state index in [9.17, 15) is 9.59 Å². The van der Waals surface area contributed by atoms with E-state index in [2.05, 4.69) is 48.0 Å². The van der Waals surface area contributed by atoms with Gasteiger partial charge in [0.15, 0.2) is 0 Å². The second-order valence-corrected chi connectivity index (χ2v) is 9.21. The molecule has 0 saturated heterocycles. The predicted octanol–water partition coefficient (Wildman–Crippen LogP) is 5.04. The summed E-state index contributed by atoms with van der Waals surface area (Å²) in [5.74, 6) is 0.254. The van der Waals surface area contributed by atoms with Gasteiger partial charge >= 0.3 is 6.03 Å². The predicted molar refractivity (Wildman–Crippen MR) is 119 cm³/mol. The second-order valence-electron chi connectivity index (χ2n) is 9.21. The van der Waals surface area contributed by atoms with Crippen LogP contribution in [0.2, 0.25) is 0 Å². The fraction of sp³-hybridized carbons (Fsp3) is 0.440. The normalized spacial score (nSPS) is 19.9. The van der Waals surface area contributed by atoms with Gasteiger partial charge in [-0.25, -0.2) is 4.79 Å². The summed E-state index contributed by atoms with van der Waals surface area (Å²) < 4.78 is 0. The third-order valence-electron chi connectivity index (χ3n) is 6.55. The third kappa shape index (κ3) is 4.50. The lowest BCUT2D eigenvalue weighted by molar-refractivity contribution is -0.122. The van der Waals surface area contributed by atoms with Crippen LogP contribution in [0.25, 0.3) is 0 Å². The van der Waals surface area contributed by atoms with Gasteiger partial charge in [-0.05, 0) is 59.9 Å². The topological polar surface area (TPSA) is 70.2 Å². The van der Waals surface area contributed by atoms with Crippen LogP contribution in [0.3, 0.4) is 0 Å². The minimum Gasteiger partial charge on any atom is -0.334 e. The highest BCUT2D eigenvalue weighted by Gasteiger charge is 2.32. The van der Waals surface area contributed by atoms with E-state index in [-0.39, 0.29) is 29.3 Å². The van der Waals surface area contributed by atoms with E-state index < -0.39 is 0 Å². The molecular weight excluding hydrogens is 374 g/mol. The maximum Gasteiger partial charge on any atom is 0.315 e. The Bertz CT molecular complexity index is 933. The molecule has 0 heterocycles. The average molecular weight is 406 g/mol. The van der Waals surface area contributed by atoms with Gasteiger partial charge in [0.1, 0.15) is 0 Å². The molecule has 0 bridgehead atoms. The lowest BCUT2D eigenvalue weighted by atomic mass is 9.71. The van der Waals surface area contributed by atoms with Crippen molar-refractivity contribution in [2.45, 2.75) is 64.0 Å². The van der Waals surface area contributed by atoms with Gasteiger partial charge in [0.05, 0.1) is 6.04 Å². The number of carbonyl (C=O) groups excluding carboxylic acids is 2. The molecule has 2 aliphatic carbocycles. The van der Waals surface area contributed by atoms with Crippen molar-refractivity contribution < 1.29 is 9.59 Å². The van der Waals surface area contributed by atoms with Crippen LogP contribution in [0.4, 0.5) is 10.5 Å². The molecule has 1 fully saturated rings. The van der Waals surface area contributed by atoms with Gasteiger partial charge in [0.25, 0.3) is 0 Å². The molecule has 30 heavy (non-hydrogen) atoms. The molecule has 0 radical (unpaired) electrons. The summed E-state index contributed by atoms with van der Waals surface area (Å²) in [7, 11) is 0. The summed E-state index contributed by atoms with van der Waals surface area (Å²) in [6, 6.07) is 15.9. The Morgan fingerprint density at radius 3 is 2.60 bits per heavy atom. The van der Waals surface area contributed by atoms with E-state index in [1.165, 1.54) is 11.1 Å². The van der Waals surface area contributed by atoms with Gasteiger partial charge in [0, 0.05) is 18.2 Å². The Morgan fingerprint density at radius 2 is 1.83 bits per heavy atom. The number of hydrogen-bond donors (Lipinski definition) is 3. The highest BCUT2D eigenvalue weighted by Crippen LogP contribution is 2.41. The molecule has 1 saturated carbocycles. The van der Waals surface area contributed by atoms with E-state index >= 15 is 0 Å². The highest BCUT2D eigenvalue weighted by atomic mass is 16.2. The molecular formula is C25H31N3O2. The molecule has 0 aromatic heterocycles. The zero-order valence-electron chi connectivity index (χ0n) is 17.8. The maximum atomic E-state index is 12.6. The van der Waals surface area contributed by atoms with Crippen molar-refractivity contribution in [1.29, 1.82) is 0 Å². The van der Waals surface area contributed by atoms with Crippen LogP contribution in [-0.4, -0.2) is 11.9 Å². The number of urea groups is 1. The molecule has 3 amide bonds. The standard InChI is InChI=1S/C25H31N3O2/c1-25(2)14-13-22(20-11-3-4-12-21(20)25)28-24(30)26-16-17-7-5-10-19(15-17)27-23(29)18-8-6-9-18/h3-5,7,10-12,15,18,22H,6,8-9,13-14,16H2,1-2H3,(H,27,29)(H2,26,28,30). The van der Waals surface area contributed by atoms with Crippen molar-refractivity contribution in [3.8, 4) is 0 Å². The van der Waals surface area contributed by atoms with Crippen LogP contribution in [-0.2, 0) is 16.8 Å². The maximum absolute atomic E-state index is 12.6. The number of carbonyl (C=O) groups is 2. The molecule has 2 aliphatic rings. The van der Waals surface area contributed by atoms with Crippen molar-refractivity contribution in [1.82, 2.24) is 10.6 Å². The second kappa shape index (κ2) is 8.50.